The molecule has 0 radical (unpaired) electrons. The van der Waals surface area contributed by atoms with E-state index in [0.29, 0.717) is 18.2 Å². The van der Waals surface area contributed by atoms with Gasteiger partial charge in [0, 0.05) is 25.3 Å². The highest BCUT2D eigenvalue weighted by Crippen LogP contribution is 2.29. The van der Waals surface area contributed by atoms with E-state index in [-0.39, 0.29) is 11.6 Å². The topological polar surface area (TPSA) is 53.1 Å². The van der Waals surface area contributed by atoms with Gasteiger partial charge in [0.1, 0.15) is 5.15 Å². The third-order valence-corrected chi connectivity index (χ3v) is 4.47. The highest BCUT2D eigenvalue weighted by molar-refractivity contribution is 6.30. The fourth-order valence-electron chi connectivity index (χ4n) is 2.68. The van der Waals surface area contributed by atoms with E-state index < -0.39 is 0 Å². The quantitative estimate of drug-likeness (QED) is 0.839. The Bertz CT molecular complexity index is 413. The molecular weight excluding hydrogens is 262 g/mol. The van der Waals surface area contributed by atoms with Crippen LogP contribution in [-0.4, -0.2) is 28.0 Å². The number of nitrogens with zero attached hydrogens (tertiary/aromatic N) is 2. The van der Waals surface area contributed by atoms with E-state index in [0.717, 1.165) is 24.1 Å². The Morgan fingerprint density at radius 1 is 1.37 bits per heavy atom. The standard InChI is InChI=1S/C14H26ClN3O/c1-6-14(7-2,19-8-3)12(16)9-11-10(4)17-18(5)13(11)15/h12H,6-9,16H2,1-5H3. The second-order valence-electron chi connectivity index (χ2n) is 4.99. The number of nitrogens with two attached hydrogens (primary N) is 1. The van der Waals surface area contributed by atoms with Gasteiger partial charge in [-0.25, -0.2) is 0 Å². The molecule has 1 aromatic rings. The van der Waals surface area contributed by atoms with Gasteiger partial charge in [0.2, 0.25) is 0 Å². The lowest BCUT2D eigenvalue weighted by Gasteiger charge is -2.37. The first-order valence-corrected chi connectivity index (χ1v) is 7.37. The molecular formula is C14H26ClN3O. The number of aryl methyl sites for hydroxylation is 2. The third kappa shape index (κ3) is 3.30. The van der Waals surface area contributed by atoms with E-state index in [1.54, 1.807) is 4.68 Å². The van der Waals surface area contributed by atoms with Crippen LogP contribution in [-0.2, 0) is 18.2 Å². The lowest BCUT2D eigenvalue weighted by atomic mass is 9.85. The molecule has 1 rings (SSSR count). The van der Waals surface area contributed by atoms with Gasteiger partial charge < -0.3 is 10.5 Å². The molecule has 1 unspecified atom stereocenters. The van der Waals surface area contributed by atoms with E-state index in [1.807, 2.05) is 20.9 Å². The average Bonchev–Trinajstić information content (AvgIpc) is 2.62. The van der Waals surface area contributed by atoms with Gasteiger partial charge in [-0.1, -0.05) is 25.4 Å². The van der Waals surface area contributed by atoms with Crippen LogP contribution in [0.25, 0.3) is 0 Å². The van der Waals surface area contributed by atoms with Gasteiger partial charge in [-0.3, -0.25) is 4.68 Å². The van der Waals surface area contributed by atoms with Crippen LogP contribution in [0.4, 0.5) is 0 Å². The maximum atomic E-state index is 6.42. The summed E-state index contributed by atoms with van der Waals surface area (Å²) in [4.78, 5) is 0. The number of rotatable bonds is 7. The Morgan fingerprint density at radius 3 is 2.32 bits per heavy atom. The number of hydrogen-bond acceptors (Lipinski definition) is 3. The van der Waals surface area contributed by atoms with E-state index >= 15 is 0 Å². The van der Waals surface area contributed by atoms with Crippen LogP contribution < -0.4 is 5.73 Å². The lowest BCUT2D eigenvalue weighted by Crippen LogP contribution is -2.50. The molecule has 5 heteroatoms. The Morgan fingerprint density at radius 2 is 1.95 bits per heavy atom. The van der Waals surface area contributed by atoms with E-state index in [2.05, 4.69) is 18.9 Å². The summed E-state index contributed by atoms with van der Waals surface area (Å²) in [6, 6.07) is -0.0807. The molecule has 0 spiro atoms. The molecule has 0 aromatic carbocycles. The minimum absolute atomic E-state index is 0.0807. The zero-order valence-electron chi connectivity index (χ0n) is 12.7. The number of ether oxygens (including phenoxy) is 1. The van der Waals surface area contributed by atoms with Crippen LogP contribution >= 0.6 is 11.6 Å². The zero-order chi connectivity index (χ0) is 14.6. The molecule has 1 heterocycles. The van der Waals surface area contributed by atoms with Crippen LogP contribution in [0.2, 0.25) is 5.15 Å². The van der Waals surface area contributed by atoms with Crippen molar-refractivity contribution in [2.75, 3.05) is 6.61 Å². The van der Waals surface area contributed by atoms with Crippen molar-refractivity contribution >= 4 is 11.6 Å². The first-order chi connectivity index (χ1) is 8.91. The summed E-state index contributed by atoms with van der Waals surface area (Å²) in [6.07, 6.45) is 2.49. The summed E-state index contributed by atoms with van der Waals surface area (Å²) in [7, 11) is 1.85. The van der Waals surface area contributed by atoms with Crippen LogP contribution in [0.5, 0.6) is 0 Å². The van der Waals surface area contributed by atoms with Crippen LogP contribution in [0.15, 0.2) is 0 Å². The molecule has 1 atom stereocenters. The van der Waals surface area contributed by atoms with E-state index in [1.165, 1.54) is 0 Å². The van der Waals surface area contributed by atoms with E-state index in [4.69, 9.17) is 22.1 Å². The second-order valence-corrected chi connectivity index (χ2v) is 5.35. The van der Waals surface area contributed by atoms with Gasteiger partial charge in [-0.05, 0) is 33.1 Å². The highest BCUT2D eigenvalue weighted by Gasteiger charge is 2.35. The summed E-state index contributed by atoms with van der Waals surface area (Å²) in [5, 5.41) is 5.00. The fourth-order valence-corrected chi connectivity index (χ4v) is 2.94. The molecule has 0 amide bonds. The summed E-state index contributed by atoms with van der Waals surface area (Å²) in [5.74, 6) is 0. The van der Waals surface area contributed by atoms with Crippen molar-refractivity contribution in [3.05, 3.63) is 16.4 Å². The smallest absolute Gasteiger partial charge is 0.130 e. The largest absolute Gasteiger partial charge is 0.374 e. The fraction of sp³-hybridized carbons (Fsp3) is 0.786. The Hall–Kier alpha value is -0.580. The van der Waals surface area contributed by atoms with Crippen LogP contribution in [0, 0.1) is 6.92 Å². The van der Waals surface area contributed by atoms with Crippen molar-refractivity contribution in [1.82, 2.24) is 9.78 Å². The molecule has 0 aliphatic heterocycles. The normalized spacial score (nSPS) is 13.8. The van der Waals surface area contributed by atoms with Crippen LogP contribution in [0.3, 0.4) is 0 Å². The molecule has 2 N–H and O–H groups in total. The predicted octanol–water partition coefficient (Wildman–Crippen LogP) is 2.85. The highest BCUT2D eigenvalue weighted by atomic mass is 35.5. The molecule has 110 valence electrons. The second kappa shape index (κ2) is 6.73. The number of hydrogen-bond donors (Lipinski definition) is 1. The molecule has 0 saturated carbocycles. The maximum absolute atomic E-state index is 6.42. The maximum Gasteiger partial charge on any atom is 0.130 e. The van der Waals surface area contributed by atoms with Gasteiger partial charge in [-0.15, -0.1) is 0 Å². The number of halogens is 1. The van der Waals surface area contributed by atoms with Gasteiger partial charge in [0.25, 0.3) is 0 Å². The Balaban J connectivity index is 2.96. The zero-order valence-corrected chi connectivity index (χ0v) is 13.4. The Labute approximate surface area is 121 Å². The van der Waals surface area contributed by atoms with Crippen molar-refractivity contribution in [3.63, 3.8) is 0 Å². The molecule has 19 heavy (non-hydrogen) atoms. The molecule has 0 aliphatic carbocycles. The van der Waals surface area contributed by atoms with Gasteiger partial charge in [-0.2, -0.15) is 5.10 Å². The minimum atomic E-state index is -0.277. The first-order valence-electron chi connectivity index (χ1n) is 6.99. The predicted molar refractivity (Wildman–Crippen MR) is 79.6 cm³/mol. The summed E-state index contributed by atoms with van der Waals surface area (Å²) < 4.78 is 7.65. The Kier molecular flexibility index (Phi) is 5.83. The summed E-state index contributed by atoms with van der Waals surface area (Å²) >= 11 is 6.28. The van der Waals surface area contributed by atoms with Crippen molar-refractivity contribution in [1.29, 1.82) is 0 Å². The van der Waals surface area contributed by atoms with Gasteiger partial charge in [0.05, 0.1) is 11.3 Å². The first kappa shape index (κ1) is 16.5. The van der Waals surface area contributed by atoms with Crippen molar-refractivity contribution in [2.45, 2.75) is 58.6 Å². The molecule has 0 aliphatic rings. The lowest BCUT2D eigenvalue weighted by molar-refractivity contribution is -0.0633. The van der Waals surface area contributed by atoms with Gasteiger partial charge in [0.15, 0.2) is 0 Å². The summed E-state index contributed by atoms with van der Waals surface area (Å²) in [5.41, 5.74) is 8.12. The van der Waals surface area contributed by atoms with Crippen molar-refractivity contribution in [3.8, 4) is 0 Å². The molecule has 0 bridgehead atoms. The van der Waals surface area contributed by atoms with Crippen LogP contribution in [0.1, 0.15) is 44.9 Å². The molecule has 0 fully saturated rings. The van der Waals surface area contributed by atoms with Crippen molar-refractivity contribution in [2.24, 2.45) is 12.8 Å². The van der Waals surface area contributed by atoms with E-state index in [9.17, 15) is 0 Å². The summed E-state index contributed by atoms with van der Waals surface area (Å²) in [6.45, 7) is 8.89. The molecule has 4 nitrogen and oxygen atoms in total. The van der Waals surface area contributed by atoms with Gasteiger partial charge >= 0.3 is 0 Å². The SMILES string of the molecule is CCOC(CC)(CC)C(N)Cc1c(C)nn(C)c1Cl. The average molecular weight is 288 g/mol. The van der Waals surface area contributed by atoms with Crippen molar-refractivity contribution < 1.29 is 4.74 Å². The molecule has 1 aromatic heterocycles. The monoisotopic (exact) mass is 287 g/mol. The molecule has 0 saturated heterocycles. The third-order valence-electron chi connectivity index (χ3n) is 4.00. The number of aromatic nitrogens is 2. The minimum Gasteiger partial charge on any atom is -0.374 e.